The molecule has 0 aliphatic carbocycles. The van der Waals surface area contributed by atoms with Gasteiger partial charge in [0.05, 0.1) is 19.8 Å². The smallest absolute Gasteiger partial charge is 0.382 e. The molecule has 0 rings (SSSR count). The first-order valence-corrected chi connectivity index (χ1v) is 10.5. The molecular weight excluding hydrogens is 347 g/mol. The highest BCUT2D eigenvalue weighted by molar-refractivity contribution is 6.36. The van der Waals surface area contributed by atoms with Crippen molar-refractivity contribution < 1.29 is 14.0 Å². The topological polar surface area (TPSA) is 27.7 Å². The van der Waals surface area contributed by atoms with Crippen LogP contribution in [0.4, 0.5) is 0 Å². The third-order valence-electron chi connectivity index (χ3n) is 3.82. The summed E-state index contributed by atoms with van der Waals surface area (Å²) >= 11 is 0. The first-order chi connectivity index (χ1) is 13.8. The molecule has 0 aliphatic heterocycles. The second-order valence-electron chi connectivity index (χ2n) is 6.36. The maximum atomic E-state index is 5.69. The number of allylic oxidation sites excluding steroid dienone is 6. The average Bonchev–Trinajstić information content (AvgIpc) is 2.71. The van der Waals surface area contributed by atoms with Crippen LogP contribution in [0.3, 0.4) is 0 Å². The van der Waals surface area contributed by atoms with Gasteiger partial charge in [-0.25, -0.2) is 0 Å². The van der Waals surface area contributed by atoms with Gasteiger partial charge in [0, 0.05) is 0 Å². The van der Waals surface area contributed by atoms with Crippen molar-refractivity contribution in [3.63, 3.8) is 0 Å². The third kappa shape index (κ3) is 20.7. The van der Waals surface area contributed by atoms with E-state index in [4.69, 9.17) is 14.0 Å². The Balaban J connectivity index is 4.12. The molecule has 156 valence electrons. The van der Waals surface area contributed by atoms with Gasteiger partial charge in [-0.1, -0.05) is 54.7 Å². The van der Waals surface area contributed by atoms with E-state index >= 15 is 0 Å². The minimum absolute atomic E-state index is 0.477. The first-order valence-electron chi connectivity index (χ1n) is 10.5. The lowest BCUT2D eigenvalue weighted by Crippen LogP contribution is -2.27. The molecule has 0 unspecified atom stereocenters. The van der Waals surface area contributed by atoms with Crippen molar-refractivity contribution in [2.24, 2.45) is 0 Å². The molecule has 4 heteroatoms. The molecule has 0 bridgehead atoms. The zero-order valence-electron chi connectivity index (χ0n) is 17.6. The lowest BCUT2D eigenvalue weighted by atomic mass is 10.2. The molecule has 0 aliphatic rings. The van der Waals surface area contributed by atoms with Gasteiger partial charge < -0.3 is 14.0 Å². The summed E-state index contributed by atoms with van der Waals surface area (Å²) in [5.74, 6) is 0. The molecule has 0 saturated carbocycles. The van der Waals surface area contributed by atoms with E-state index in [2.05, 4.69) is 38.0 Å². The Morgan fingerprint density at radius 1 is 0.464 bits per heavy atom. The molecule has 28 heavy (non-hydrogen) atoms. The fraction of sp³-hybridized carbons (Fsp3) is 0.500. The molecule has 0 radical (unpaired) electrons. The number of rotatable bonds is 21. The van der Waals surface area contributed by atoms with E-state index < -0.39 is 7.32 Å². The summed E-state index contributed by atoms with van der Waals surface area (Å²) in [5.41, 5.74) is 0. The molecule has 0 amide bonds. The highest BCUT2D eigenvalue weighted by atomic mass is 16.7. The van der Waals surface area contributed by atoms with E-state index in [0.717, 1.165) is 57.8 Å². The zero-order valence-corrected chi connectivity index (χ0v) is 17.6. The van der Waals surface area contributed by atoms with Crippen LogP contribution in [-0.4, -0.2) is 27.1 Å². The summed E-state index contributed by atoms with van der Waals surface area (Å²) in [6.07, 6.45) is 27.8. The van der Waals surface area contributed by atoms with Crippen LogP contribution < -0.4 is 0 Å². The van der Waals surface area contributed by atoms with Crippen LogP contribution in [0.2, 0.25) is 0 Å². The van der Waals surface area contributed by atoms with E-state index in [-0.39, 0.29) is 0 Å². The molecular formula is C24H39BO3. The SMILES string of the molecule is C=CCCCC=CCOB(OCC=CCCCC=C)OCC=CCCCC=C. The standard InChI is InChI=1S/C24H39BO3/c1-4-7-10-13-16-19-22-26-25(27-23-20-17-14-11-8-5-2)28-24-21-18-15-12-9-6-3/h4-6,16-21H,1-3,7-15,22-24H2. The van der Waals surface area contributed by atoms with Crippen molar-refractivity contribution in [2.75, 3.05) is 19.8 Å². The molecule has 0 aromatic rings. The van der Waals surface area contributed by atoms with Crippen molar-refractivity contribution in [2.45, 2.75) is 57.8 Å². The molecule has 0 spiro atoms. The normalized spacial score (nSPS) is 11.6. The largest absolute Gasteiger partial charge is 0.640 e. The van der Waals surface area contributed by atoms with Gasteiger partial charge in [0.25, 0.3) is 0 Å². The molecule has 3 nitrogen and oxygen atoms in total. The monoisotopic (exact) mass is 386 g/mol. The van der Waals surface area contributed by atoms with Crippen LogP contribution in [0.25, 0.3) is 0 Å². The molecule has 0 atom stereocenters. The van der Waals surface area contributed by atoms with E-state index in [1.54, 1.807) is 0 Å². The lowest BCUT2D eigenvalue weighted by molar-refractivity contribution is 0.123. The van der Waals surface area contributed by atoms with Crippen LogP contribution in [0.5, 0.6) is 0 Å². The number of hydrogen-bond acceptors (Lipinski definition) is 3. The third-order valence-corrected chi connectivity index (χ3v) is 3.82. The Morgan fingerprint density at radius 2 is 0.786 bits per heavy atom. The molecule has 0 fully saturated rings. The zero-order chi connectivity index (χ0) is 20.5. The number of unbranched alkanes of at least 4 members (excludes halogenated alkanes) is 6. The van der Waals surface area contributed by atoms with Crippen molar-refractivity contribution in [1.29, 1.82) is 0 Å². The van der Waals surface area contributed by atoms with Gasteiger partial charge in [0.2, 0.25) is 0 Å². The van der Waals surface area contributed by atoms with Crippen LogP contribution in [0.1, 0.15) is 57.8 Å². The van der Waals surface area contributed by atoms with Crippen molar-refractivity contribution in [3.05, 3.63) is 74.4 Å². The lowest BCUT2D eigenvalue weighted by Gasteiger charge is -2.11. The Hall–Kier alpha value is -1.62. The second kappa shape index (κ2) is 23.4. The van der Waals surface area contributed by atoms with Crippen LogP contribution in [0.15, 0.2) is 74.4 Å². The summed E-state index contributed by atoms with van der Waals surface area (Å²) in [6.45, 7) is 12.6. The molecule has 0 aromatic carbocycles. The first kappa shape index (κ1) is 26.4. The summed E-state index contributed by atoms with van der Waals surface area (Å²) in [5, 5.41) is 0. The highest BCUT2D eigenvalue weighted by Crippen LogP contribution is 2.01. The Bertz CT molecular complexity index is 388. The van der Waals surface area contributed by atoms with Crippen LogP contribution in [-0.2, 0) is 14.0 Å². The fourth-order valence-electron chi connectivity index (χ4n) is 2.24. The van der Waals surface area contributed by atoms with Crippen LogP contribution >= 0.6 is 0 Å². The summed E-state index contributed by atoms with van der Waals surface area (Å²) in [6, 6.07) is 0. The number of hydrogen-bond donors (Lipinski definition) is 0. The predicted octanol–water partition coefficient (Wildman–Crippen LogP) is 6.76. The minimum atomic E-state index is -0.659. The van der Waals surface area contributed by atoms with Gasteiger partial charge in [-0.2, -0.15) is 0 Å². The van der Waals surface area contributed by atoms with Gasteiger partial charge in [0.15, 0.2) is 0 Å². The second-order valence-corrected chi connectivity index (χ2v) is 6.36. The minimum Gasteiger partial charge on any atom is -0.382 e. The van der Waals surface area contributed by atoms with Gasteiger partial charge in [-0.15, -0.1) is 19.7 Å². The van der Waals surface area contributed by atoms with E-state index in [1.807, 2.05) is 36.5 Å². The average molecular weight is 386 g/mol. The Kier molecular flexibility index (Phi) is 22.1. The highest BCUT2D eigenvalue weighted by Gasteiger charge is 2.19. The Labute approximate surface area is 173 Å². The van der Waals surface area contributed by atoms with Gasteiger partial charge in [-0.05, 0) is 57.8 Å². The van der Waals surface area contributed by atoms with Crippen molar-refractivity contribution in [1.82, 2.24) is 0 Å². The molecule has 0 saturated heterocycles. The van der Waals surface area contributed by atoms with Crippen molar-refractivity contribution in [3.8, 4) is 0 Å². The van der Waals surface area contributed by atoms with Crippen molar-refractivity contribution >= 4 is 7.32 Å². The maximum Gasteiger partial charge on any atom is 0.640 e. The molecule has 0 aromatic heterocycles. The van der Waals surface area contributed by atoms with E-state index in [0.29, 0.717) is 19.8 Å². The summed E-state index contributed by atoms with van der Waals surface area (Å²) in [4.78, 5) is 0. The quantitative estimate of drug-likeness (QED) is 0.124. The summed E-state index contributed by atoms with van der Waals surface area (Å²) in [7, 11) is -0.659. The molecule has 0 N–H and O–H groups in total. The maximum absolute atomic E-state index is 5.69. The van der Waals surface area contributed by atoms with E-state index in [9.17, 15) is 0 Å². The fourth-order valence-corrected chi connectivity index (χ4v) is 2.24. The Morgan fingerprint density at radius 3 is 1.07 bits per heavy atom. The summed E-state index contributed by atoms with van der Waals surface area (Å²) < 4.78 is 17.1. The predicted molar refractivity (Wildman–Crippen MR) is 123 cm³/mol. The van der Waals surface area contributed by atoms with Crippen LogP contribution in [0, 0.1) is 0 Å². The molecule has 0 heterocycles. The van der Waals surface area contributed by atoms with Gasteiger partial charge >= 0.3 is 7.32 Å². The van der Waals surface area contributed by atoms with E-state index in [1.165, 1.54) is 0 Å². The van der Waals surface area contributed by atoms with Gasteiger partial charge in [-0.3, -0.25) is 0 Å². The van der Waals surface area contributed by atoms with Gasteiger partial charge in [0.1, 0.15) is 0 Å².